The quantitative estimate of drug-likeness (QED) is 0.110. The summed E-state index contributed by atoms with van der Waals surface area (Å²) in [5.74, 6) is 5.89. The van der Waals surface area contributed by atoms with E-state index in [0.717, 1.165) is 77.5 Å². The average Bonchev–Trinajstić information content (AvgIpc) is 0.742. The molecule has 0 aliphatic carbocycles. The highest BCUT2D eigenvalue weighted by molar-refractivity contribution is 6.31. The molecule has 0 atom stereocenters. The van der Waals surface area contributed by atoms with Crippen LogP contribution in [0.1, 0.15) is 0 Å². The summed E-state index contributed by atoms with van der Waals surface area (Å²) in [7, 11) is 0. The van der Waals surface area contributed by atoms with Crippen LogP contribution in [0.2, 0.25) is 0 Å². The third kappa shape index (κ3) is 15.2. The first kappa shape index (κ1) is 83.5. The number of benzene rings is 25. The fourth-order valence-electron chi connectivity index (χ4n) is 21.0. The van der Waals surface area contributed by atoms with E-state index in [1.807, 2.05) is 182 Å². The van der Waals surface area contributed by atoms with Crippen LogP contribution in [0.5, 0.6) is 0 Å². The van der Waals surface area contributed by atoms with Crippen LogP contribution in [0, 0.1) is 0 Å². The molecule has 142 heavy (non-hydrogen) atoms. The van der Waals surface area contributed by atoms with Gasteiger partial charge in [-0.25, -0.2) is 44.9 Å². The molecule has 9 heteroatoms. The van der Waals surface area contributed by atoms with Gasteiger partial charge in [0, 0.05) is 50.1 Å². The Hall–Kier alpha value is -19.1. The molecule has 0 saturated heterocycles. The molecule has 28 rings (SSSR count). The molecule has 0 N–H and O–H groups in total. The summed E-state index contributed by atoms with van der Waals surface area (Å²) < 4.78 is 0. The van der Waals surface area contributed by atoms with E-state index in [2.05, 4.69) is 322 Å². The Labute approximate surface area is 818 Å². The maximum Gasteiger partial charge on any atom is 0.164 e. The second-order valence-electron chi connectivity index (χ2n) is 36.0. The van der Waals surface area contributed by atoms with Gasteiger partial charge in [-0.2, -0.15) is 0 Å². The predicted octanol–water partition coefficient (Wildman–Crippen LogP) is 34.6. The molecule has 0 unspecified atom stereocenters. The molecular weight excluding hydrogens is 1720 g/mol. The molecule has 0 radical (unpaired) electrons. The smallest absolute Gasteiger partial charge is 0.164 e. The van der Waals surface area contributed by atoms with E-state index in [9.17, 15) is 0 Å². The van der Waals surface area contributed by atoms with Crippen LogP contribution in [-0.4, -0.2) is 44.9 Å². The van der Waals surface area contributed by atoms with E-state index in [1.165, 1.54) is 146 Å². The van der Waals surface area contributed by atoms with Gasteiger partial charge in [0.25, 0.3) is 0 Å². The second kappa shape index (κ2) is 35.9. The summed E-state index contributed by atoms with van der Waals surface area (Å²) in [6.07, 6.45) is 0. The van der Waals surface area contributed by atoms with Crippen LogP contribution < -0.4 is 0 Å². The average molecular weight is 1810 g/mol. The first-order valence-corrected chi connectivity index (χ1v) is 48.0. The number of rotatable bonds is 12. The van der Waals surface area contributed by atoms with E-state index in [4.69, 9.17) is 44.9 Å². The van der Waals surface area contributed by atoms with Crippen molar-refractivity contribution in [2.45, 2.75) is 0 Å². The van der Waals surface area contributed by atoms with Crippen molar-refractivity contribution < 1.29 is 0 Å². The highest BCUT2D eigenvalue weighted by Crippen LogP contribution is 2.49. The van der Waals surface area contributed by atoms with Gasteiger partial charge in [-0.1, -0.05) is 479 Å². The van der Waals surface area contributed by atoms with Gasteiger partial charge in [0.15, 0.2) is 52.4 Å². The van der Waals surface area contributed by atoms with E-state index < -0.39 is 0 Å². The van der Waals surface area contributed by atoms with Crippen LogP contribution in [0.25, 0.3) is 276 Å². The Morgan fingerprint density at radius 3 is 0.732 bits per heavy atom. The molecular formula is C133H83N9. The van der Waals surface area contributed by atoms with Crippen molar-refractivity contribution >= 4 is 140 Å². The lowest BCUT2D eigenvalue weighted by molar-refractivity contribution is 1.07. The number of nitrogens with zero attached hydrogens (tertiary/aromatic N) is 9. The Morgan fingerprint density at radius 2 is 0.331 bits per heavy atom. The predicted molar refractivity (Wildman–Crippen MR) is 592 cm³/mol. The van der Waals surface area contributed by atoms with Gasteiger partial charge in [-0.05, 0) is 198 Å². The molecule has 25 aromatic carbocycles. The highest BCUT2D eigenvalue weighted by atomic mass is 15.1. The van der Waals surface area contributed by atoms with Crippen LogP contribution >= 0.6 is 0 Å². The lowest BCUT2D eigenvalue weighted by Gasteiger charge is -2.17. The standard InChI is InChI=1S/C47H29N3.2C43H27N3/c1-3-14-32(15-4-1)45-48-46(33-16-5-2-6-17-33)50-47(49-45)41-28-27-39(35-19-9-11-21-37(35)41)42-29-43-40(36-20-10-12-22-38(36)42)26-25-31-24-23-30-13-7-8-18-34(30)44(31)43;1-3-15-30(16-4-1)41-44-42(31-17-5-2-6-18-31)46-43(45-41)36-22-12-11-21-35(36)38-27-32-24-23-28-13-7-9-19-33(28)39(32)37-26-25-29-14-8-10-20-34(29)40(37)38;1-3-12-31(13-4-1)41-44-42(32-14-5-2-6-15-32)46-43(45-41)33-23-20-29(21-24-33)38-27-39-37(35-17-9-10-18-36(35)38)26-25-30-22-19-28-11-7-8-16-34(28)40(30)39/h1-29H;2*1-27H. The van der Waals surface area contributed by atoms with Gasteiger partial charge in [0.2, 0.25) is 0 Å². The van der Waals surface area contributed by atoms with Gasteiger partial charge < -0.3 is 0 Å². The molecule has 0 amide bonds. The molecule has 0 fully saturated rings. The van der Waals surface area contributed by atoms with Crippen molar-refractivity contribution in [1.29, 1.82) is 0 Å². The van der Waals surface area contributed by atoms with Crippen LogP contribution in [0.3, 0.4) is 0 Å². The van der Waals surface area contributed by atoms with Gasteiger partial charge in [0.05, 0.1) is 0 Å². The SMILES string of the molecule is c1ccc(-c2nc(-c3ccccc3)nc(-c3ccc(-c4cc5c(ccc6ccc7ccccc7c65)c5ccccc45)c4ccccc34)n2)cc1.c1ccc(-c2nc(-c3ccccc3)nc(-c3ccc(-c4cc5c(ccc6ccc7ccccc7c65)c5ccccc45)cc3)n2)cc1.c1ccc(-c2nc(-c3ccccc3)nc(-c3ccccc3-c3cc4ccc5ccccc5c4c4ccc5ccccc5c34)n2)cc1. The van der Waals surface area contributed by atoms with Crippen molar-refractivity contribution in [2.24, 2.45) is 0 Å². The molecule has 0 bridgehead atoms. The van der Waals surface area contributed by atoms with E-state index in [1.54, 1.807) is 0 Å². The van der Waals surface area contributed by atoms with Gasteiger partial charge in [-0.15, -0.1) is 0 Å². The molecule has 660 valence electrons. The van der Waals surface area contributed by atoms with Crippen molar-refractivity contribution in [2.75, 3.05) is 0 Å². The second-order valence-corrected chi connectivity index (χ2v) is 36.0. The Balaban J connectivity index is 0.000000109. The molecule has 3 aromatic heterocycles. The zero-order chi connectivity index (χ0) is 93.9. The Morgan fingerprint density at radius 1 is 0.0915 bits per heavy atom. The monoisotopic (exact) mass is 1810 g/mol. The summed E-state index contributed by atoms with van der Waals surface area (Å²) in [6.45, 7) is 0. The molecule has 0 spiro atoms. The summed E-state index contributed by atoms with van der Waals surface area (Å²) >= 11 is 0. The van der Waals surface area contributed by atoms with E-state index >= 15 is 0 Å². The van der Waals surface area contributed by atoms with Crippen molar-refractivity contribution in [1.82, 2.24) is 44.9 Å². The molecule has 0 saturated carbocycles. The largest absolute Gasteiger partial charge is 0.208 e. The Bertz CT molecular complexity index is 9670. The Kier molecular flexibility index (Phi) is 21.1. The highest BCUT2D eigenvalue weighted by Gasteiger charge is 2.25. The summed E-state index contributed by atoms with van der Waals surface area (Å²) in [6, 6.07) is 178. The van der Waals surface area contributed by atoms with Gasteiger partial charge >= 0.3 is 0 Å². The number of aromatic nitrogens is 9. The van der Waals surface area contributed by atoms with Crippen molar-refractivity contribution in [3.8, 4) is 136 Å². The maximum atomic E-state index is 5.11. The first-order valence-electron chi connectivity index (χ1n) is 48.0. The van der Waals surface area contributed by atoms with E-state index in [0.29, 0.717) is 52.4 Å². The van der Waals surface area contributed by atoms with Crippen LogP contribution in [0.15, 0.2) is 504 Å². The lowest BCUT2D eigenvalue weighted by Crippen LogP contribution is -2.01. The van der Waals surface area contributed by atoms with Crippen LogP contribution in [0.4, 0.5) is 0 Å². The normalized spacial score (nSPS) is 11.5. The number of hydrogen-bond acceptors (Lipinski definition) is 9. The zero-order valence-electron chi connectivity index (χ0n) is 76.9. The van der Waals surface area contributed by atoms with Gasteiger partial charge in [0.1, 0.15) is 0 Å². The molecule has 0 aliphatic rings. The molecule has 0 aliphatic heterocycles. The summed E-state index contributed by atoms with van der Waals surface area (Å²) in [4.78, 5) is 45.0. The molecule has 28 aromatic rings. The van der Waals surface area contributed by atoms with Crippen molar-refractivity contribution in [3.63, 3.8) is 0 Å². The molecule has 9 nitrogen and oxygen atoms in total. The minimum Gasteiger partial charge on any atom is -0.208 e. The summed E-state index contributed by atoms with van der Waals surface area (Å²) in [5.41, 5.74) is 15.6. The minimum atomic E-state index is 0.648. The third-order valence-electron chi connectivity index (χ3n) is 27.7. The first-order chi connectivity index (χ1) is 70.4. The van der Waals surface area contributed by atoms with E-state index in [-0.39, 0.29) is 0 Å². The summed E-state index contributed by atoms with van der Waals surface area (Å²) in [5, 5.41) is 32.3. The fourth-order valence-corrected chi connectivity index (χ4v) is 21.0. The fraction of sp³-hybridized carbons (Fsp3) is 0. The number of hydrogen-bond donors (Lipinski definition) is 0. The van der Waals surface area contributed by atoms with Crippen molar-refractivity contribution in [3.05, 3.63) is 504 Å². The topological polar surface area (TPSA) is 116 Å². The van der Waals surface area contributed by atoms with Crippen LogP contribution in [-0.2, 0) is 0 Å². The minimum absolute atomic E-state index is 0.648. The lowest BCUT2D eigenvalue weighted by atomic mass is 9.87. The molecule has 3 heterocycles. The third-order valence-corrected chi connectivity index (χ3v) is 27.7. The zero-order valence-corrected chi connectivity index (χ0v) is 76.9. The van der Waals surface area contributed by atoms with Gasteiger partial charge in [-0.3, -0.25) is 0 Å². The maximum absolute atomic E-state index is 5.11. The number of fused-ring (bicyclic) bond motifs is 22.